The molecule has 0 aliphatic heterocycles. The highest BCUT2D eigenvalue weighted by atomic mass is 32.2. The standard InChI is InChI=1S/C9H12FNOS/c1-3-13(11,12)8-4-5-9(10)7(2)6-8/h4-6,11H,3H2,1-2H3. The summed E-state index contributed by atoms with van der Waals surface area (Å²) in [5, 5.41) is 0. The van der Waals surface area contributed by atoms with Crippen molar-refractivity contribution >= 4 is 9.73 Å². The number of aryl methyl sites for hydroxylation is 1. The van der Waals surface area contributed by atoms with Gasteiger partial charge in [-0.25, -0.2) is 13.4 Å². The van der Waals surface area contributed by atoms with Gasteiger partial charge in [-0.1, -0.05) is 6.92 Å². The van der Waals surface area contributed by atoms with Crippen molar-refractivity contribution in [3.05, 3.63) is 29.6 Å². The first kappa shape index (κ1) is 10.2. The van der Waals surface area contributed by atoms with Crippen molar-refractivity contribution in [2.45, 2.75) is 18.7 Å². The SMILES string of the molecule is CCS(=N)(=O)c1ccc(F)c(C)c1. The van der Waals surface area contributed by atoms with Crippen LogP contribution in [0.25, 0.3) is 0 Å². The Morgan fingerprint density at radius 1 is 1.54 bits per heavy atom. The van der Waals surface area contributed by atoms with Crippen molar-refractivity contribution < 1.29 is 8.60 Å². The Balaban J connectivity index is 3.27. The highest BCUT2D eigenvalue weighted by molar-refractivity contribution is 7.92. The normalized spacial score (nSPS) is 15.3. The van der Waals surface area contributed by atoms with Crippen LogP contribution in [0.15, 0.2) is 23.1 Å². The molecule has 0 heterocycles. The molecular weight excluding hydrogens is 189 g/mol. The lowest BCUT2D eigenvalue weighted by atomic mass is 10.2. The van der Waals surface area contributed by atoms with Gasteiger partial charge in [0.2, 0.25) is 0 Å². The van der Waals surface area contributed by atoms with Crippen molar-refractivity contribution in [2.24, 2.45) is 0 Å². The molecular formula is C9H12FNOS. The summed E-state index contributed by atoms with van der Waals surface area (Å²) >= 11 is 0. The highest BCUT2D eigenvalue weighted by Gasteiger charge is 2.08. The molecule has 0 saturated carbocycles. The average Bonchev–Trinajstić information content (AvgIpc) is 2.09. The van der Waals surface area contributed by atoms with Crippen molar-refractivity contribution in [3.63, 3.8) is 0 Å². The predicted octanol–water partition coefficient (Wildman–Crippen LogP) is 2.56. The van der Waals surface area contributed by atoms with Gasteiger partial charge in [-0.05, 0) is 30.7 Å². The van der Waals surface area contributed by atoms with E-state index in [0.29, 0.717) is 10.5 Å². The summed E-state index contributed by atoms with van der Waals surface area (Å²) in [6.45, 7) is 3.29. The molecule has 1 rings (SSSR count). The Morgan fingerprint density at radius 3 is 2.62 bits per heavy atom. The molecule has 0 aliphatic rings. The van der Waals surface area contributed by atoms with E-state index in [9.17, 15) is 8.60 Å². The monoisotopic (exact) mass is 201 g/mol. The van der Waals surface area contributed by atoms with Gasteiger partial charge in [0, 0.05) is 10.6 Å². The van der Waals surface area contributed by atoms with Crippen LogP contribution in [0.2, 0.25) is 0 Å². The van der Waals surface area contributed by atoms with Crippen LogP contribution >= 0.6 is 0 Å². The Kier molecular flexibility index (Phi) is 2.71. The molecule has 1 N–H and O–H groups in total. The minimum atomic E-state index is -2.70. The van der Waals surface area contributed by atoms with Crippen LogP contribution in [-0.2, 0) is 9.73 Å². The molecule has 1 unspecified atom stereocenters. The second kappa shape index (κ2) is 3.46. The van der Waals surface area contributed by atoms with E-state index in [1.807, 2.05) is 0 Å². The van der Waals surface area contributed by atoms with Gasteiger partial charge in [-0.2, -0.15) is 0 Å². The Hall–Kier alpha value is -0.900. The fourth-order valence-corrected chi connectivity index (χ4v) is 1.98. The van der Waals surface area contributed by atoms with E-state index in [0.717, 1.165) is 0 Å². The third kappa shape index (κ3) is 2.06. The second-order valence-corrected chi connectivity index (χ2v) is 5.27. The maximum Gasteiger partial charge on any atom is 0.126 e. The molecule has 0 aromatic heterocycles. The van der Waals surface area contributed by atoms with Crippen LogP contribution < -0.4 is 0 Å². The quantitative estimate of drug-likeness (QED) is 0.785. The van der Waals surface area contributed by atoms with Gasteiger partial charge in [0.25, 0.3) is 0 Å². The number of rotatable bonds is 2. The lowest BCUT2D eigenvalue weighted by Crippen LogP contribution is -2.02. The van der Waals surface area contributed by atoms with Crippen molar-refractivity contribution in [1.82, 2.24) is 0 Å². The Labute approximate surface area is 77.8 Å². The lowest BCUT2D eigenvalue weighted by Gasteiger charge is -2.05. The maximum absolute atomic E-state index is 12.8. The third-order valence-corrected chi connectivity index (χ3v) is 3.75. The molecule has 0 spiro atoms. The molecule has 0 bridgehead atoms. The largest absolute Gasteiger partial charge is 0.249 e. The Morgan fingerprint density at radius 2 is 2.15 bits per heavy atom. The van der Waals surface area contributed by atoms with Crippen molar-refractivity contribution in [1.29, 1.82) is 4.78 Å². The van der Waals surface area contributed by atoms with E-state index < -0.39 is 9.73 Å². The van der Waals surface area contributed by atoms with Gasteiger partial charge in [0.05, 0.1) is 9.73 Å². The van der Waals surface area contributed by atoms with Crippen LogP contribution in [0.5, 0.6) is 0 Å². The predicted molar refractivity (Wildman–Crippen MR) is 50.8 cm³/mol. The molecule has 4 heteroatoms. The minimum absolute atomic E-state index is 0.262. The molecule has 1 aromatic rings. The van der Waals surface area contributed by atoms with Crippen LogP contribution in [0, 0.1) is 17.5 Å². The number of nitrogens with one attached hydrogen (secondary N) is 1. The molecule has 0 aliphatic carbocycles. The average molecular weight is 201 g/mol. The molecule has 1 aromatic carbocycles. The van der Waals surface area contributed by atoms with Gasteiger partial charge in [-0.15, -0.1) is 0 Å². The summed E-state index contributed by atoms with van der Waals surface area (Å²) in [6, 6.07) is 4.16. The second-order valence-electron chi connectivity index (χ2n) is 2.87. The zero-order valence-corrected chi connectivity index (χ0v) is 8.45. The first-order valence-electron chi connectivity index (χ1n) is 4.00. The molecule has 0 fully saturated rings. The number of halogens is 1. The van der Waals surface area contributed by atoms with E-state index >= 15 is 0 Å². The molecule has 1 atom stereocenters. The summed E-state index contributed by atoms with van der Waals surface area (Å²) < 4.78 is 31.9. The van der Waals surface area contributed by atoms with E-state index in [1.165, 1.54) is 18.2 Å². The van der Waals surface area contributed by atoms with E-state index in [1.54, 1.807) is 13.8 Å². The number of hydrogen-bond acceptors (Lipinski definition) is 2. The summed E-state index contributed by atoms with van der Waals surface area (Å²) in [6.07, 6.45) is 0. The summed E-state index contributed by atoms with van der Waals surface area (Å²) in [5.41, 5.74) is 0.436. The van der Waals surface area contributed by atoms with Crippen LogP contribution in [0.4, 0.5) is 4.39 Å². The van der Waals surface area contributed by atoms with Crippen LogP contribution in [0.1, 0.15) is 12.5 Å². The van der Waals surface area contributed by atoms with E-state index in [4.69, 9.17) is 4.78 Å². The molecule has 72 valence electrons. The van der Waals surface area contributed by atoms with Gasteiger partial charge < -0.3 is 0 Å². The van der Waals surface area contributed by atoms with Crippen LogP contribution in [-0.4, -0.2) is 9.96 Å². The summed E-state index contributed by atoms with van der Waals surface area (Å²) in [5.74, 6) is -0.0620. The summed E-state index contributed by atoms with van der Waals surface area (Å²) in [4.78, 5) is 0.411. The topological polar surface area (TPSA) is 40.9 Å². The first-order chi connectivity index (χ1) is 5.97. The maximum atomic E-state index is 12.8. The van der Waals surface area contributed by atoms with E-state index in [2.05, 4.69) is 0 Å². The van der Waals surface area contributed by atoms with Crippen molar-refractivity contribution in [3.8, 4) is 0 Å². The molecule has 2 nitrogen and oxygen atoms in total. The molecule has 13 heavy (non-hydrogen) atoms. The number of hydrogen-bond donors (Lipinski definition) is 1. The fourth-order valence-electron chi connectivity index (χ4n) is 0.989. The van der Waals surface area contributed by atoms with E-state index in [-0.39, 0.29) is 11.6 Å². The zero-order valence-electron chi connectivity index (χ0n) is 7.63. The smallest absolute Gasteiger partial charge is 0.126 e. The summed E-state index contributed by atoms with van der Waals surface area (Å²) in [7, 11) is -2.70. The van der Waals surface area contributed by atoms with Gasteiger partial charge in [-0.3, -0.25) is 0 Å². The zero-order chi connectivity index (χ0) is 10.1. The third-order valence-electron chi connectivity index (χ3n) is 1.92. The Bertz CT molecular complexity index is 412. The highest BCUT2D eigenvalue weighted by Crippen LogP contribution is 2.15. The van der Waals surface area contributed by atoms with Crippen molar-refractivity contribution in [2.75, 3.05) is 5.75 Å². The minimum Gasteiger partial charge on any atom is -0.249 e. The molecule has 0 saturated heterocycles. The van der Waals surface area contributed by atoms with Gasteiger partial charge in [0.1, 0.15) is 5.82 Å². The number of benzene rings is 1. The van der Waals surface area contributed by atoms with Gasteiger partial charge in [0.15, 0.2) is 0 Å². The van der Waals surface area contributed by atoms with Gasteiger partial charge >= 0.3 is 0 Å². The fraction of sp³-hybridized carbons (Fsp3) is 0.333. The van der Waals surface area contributed by atoms with Crippen LogP contribution in [0.3, 0.4) is 0 Å². The first-order valence-corrected chi connectivity index (χ1v) is 5.72. The lowest BCUT2D eigenvalue weighted by molar-refractivity contribution is 0.616. The molecule has 0 amide bonds. The molecule has 0 radical (unpaired) electrons.